The molecule has 0 spiro atoms. The zero-order chi connectivity index (χ0) is 12.8. The molecule has 1 aromatic carbocycles. The highest BCUT2D eigenvalue weighted by Crippen LogP contribution is 2.27. The van der Waals surface area contributed by atoms with E-state index < -0.39 is 0 Å². The van der Waals surface area contributed by atoms with Crippen molar-refractivity contribution in [2.24, 2.45) is 0 Å². The van der Waals surface area contributed by atoms with Crippen molar-refractivity contribution >= 4 is 0 Å². The molecule has 1 fully saturated rings. The van der Waals surface area contributed by atoms with Gasteiger partial charge in [-0.2, -0.15) is 5.26 Å². The fraction of sp³-hybridized carbons (Fsp3) is 0.500. The Labute approximate surface area is 108 Å². The van der Waals surface area contributed by atoms with Gasteiger partial charge in [0, 0.05) is 12.6 Å². The molecule has 4 nitrogen and oxygen atoms in total. The first-order chi connectivity index (χ1) is 8.83. The molecule has 0 bridgehead atoms. The van der Waals surface area contributed by atoms with Crippen LogP contribution in [0.25, 0.3) is 0 Å². The summed E-state index contributed by atoms with van der Waals surface area (Å²) in [5.41, 5.74) is 0.590. The fourth-order valence-corrected chi connectivity index (χ4v) is 2.15. The summed E-state index contributed by atoms with van der Waals surface area (Å²) in [6.45, 7) is 3.89. The van der Waals surface area contributed by atoms with Crippen molar-refractivity contribution in [1.29, 1.82) is 5.26 Å². The van der Waals surface area contributed by atoms with Crippen molar-refractivity contribution in [3.63, 3.8) is 0 Å². The molecule has 0 amide bonds. The molecule has 1 saturated heterocycles. The molecule has 18 heavy (non-hydrogen) atoms. The molecule has 0 unspecified atom stereocenters. The van der Waals surface area contributed by atoms with E-state index in [0.717, 1.165) is 6.54 Å². The molecular formula is C14H18N2O2. The van der Waals surface area contributed by atoms with Crippen molar-refractivity contribution in [1.82, 2.24) is 4.90 Å². The second kappa shape index (κ2) is 6.27. The summed E-state index contributed by atoms with van der Waals surface area (Å²) in [5.74, 6) is 1.33. The van der Waals surface area contributed by atoms with Crippen molar-refractivity contribution in [2.75, 3.05) is 33.4 Å². The Kier molecular flexibility index (Phi) is 4.43. The monoisotopic (exact) mass is 246 g/mol. The van der Waals surface area contributed by atoms with Gasteiger partial charge in [0.25, 0.3) is 0 Å². The topological polar surface area (TPSA) is 45.5 Å². The molecule has 2 rings (SSSR count). The summed E-state index contributed by atoms with van der Waals surface area (Å²) >= 11 is 0. The molecule has 0 radical (unpaired) electrons. The van der Waals surface area contributed by atoms with Crippen LogP contribution < -0.4 is 9.47 Å². The van der Waals surface area contributed by atoms with Crippen LogP contribution in [0.5, 0.6) is 11.5 Å². The van der Waals surface area contributed by atoms with Gasteiger partial charge in [-0.3, -0.25) is 4.90 Å². The molecule has 96 valence electrons. The van der Waals surface area contributed by atoms with E-state index in [9.17, 15) is 0 Å². The van der Waals surface area contributed by atoms with Crippen LogP contribution in [-0.2, 0) is 0 Å². The van der Waals surface area contributed by atoms with Crippen LogP contribution in [0.2, 0.25) is 0 Å². The Balaban J connectivity index is 1.92. The normalized spacial score (nSPS) is 15.3. The predicted octanol–water partition coefficient (Wildman–Crippen LogP) is 2.04. The minimum absolute atomic E-state index is 0.590. The van der Waals surface area contributed by atoms with Crippen LogP contribution in [-0.4, -0.2) is 38.3 Å². The number of nitrogens with zero attached hydrogens (tertiary/aromatic N) is 2. The molecule has 4 heteroatoms. The van der Waals surface area contributed by atoms with Crippen LogP contribution in [0.15, 0.2) is 18.2 Å². The Morgan fingerprint density at radius 3 is 2.72 bits per heavy atom. The van der Waals surface area contributed by atoms with Gasteiger partial charge in [-0.25, -0.2) is 0 Å². The summed E-state index contributed by atoms with van der Waals surface area (Å²) in [7, 11) is 1.61. The van der Waals surface area contributed by atoms with E-state index in [1.54, 1.807) is 25.3 Å². The number of methoxy groups -OCH3 is 1. The average molecular weight is 246 g/mol. The van der Waals surface area contributed by atoms with Gasteiger partial charge in [-0.15, -0.1) is 0 Å². The fourth-order valence-electron chi connectivity index (χ4n) is 2.15. The average Bonchev–Trinajstić information content (AvgIpc) is 2.92. The third-order valence-electron chi connectivity index (χ3n) is 3.16. The van der Waals surface area contributed by atoms with E-state index in [1.807, 2.05) is 0 Å². The van der Waals surface area contributed by atoms with E-state index in [-0.39, 0.29) is 0 Å². The van der Waals surface area contributed by atoms with Gasteiger partial charge in [0.2, 0.25) is 0 Å². The summed E-state index contributed by atoms with van der Waals surface area (Å²) < 4.78 is 10.9. The number of hydrogen-bond donors (Lipinski definition) is 0. The first-order valence-corrected chi connectivity index (χ1v) is 6.27. The van der Waals surface area contributed by atoms with Gasteiger partial charge in [0.15, 0.2) is 11.5 Å². The second-order valence-electron chi connectivity index (χ2n) is 4.37. The van der Waals surface area contributed by atoms with E-state index in [4.69, 9.17) is 14.7 Å². The minimum atomic E-state index is 0.590. The van der Waals surface area contributed by atoms with E-state index >= 15 is 0 Å². The second-order valence-corrected chi connectivity index (χ2v) is 4.37. The van der Waals surface area contributed by atoms with Gasteiger partial charge in [0.05, 0.1) is 18.7 Å². The Morgan fingerprint density at radius 2 is 2.06 bits per heavy atom. The number of benzene rings is 1. The van der Waals surface area contributed by atoms with Crippen molar-refractivity contribution in [3.8, 4) is 17.6 Å². The van der Waals surface area contributed by atoms with Crippen molar-refractivity contribution in [2.45, 2.75) is 12.8 Å². The lowest BCUT2D eigenvalue weighted by Crippen LogP contribution is -2.25. The Bertz CT molecular complexity index is 434. The van der Waals surface area contributed by atoms with Gasteiger partial charge in [0.1, 0.15) is 6.61 Å². The number of ether oxygens (including phenoxy) is 2. The highest BCUT2D eigenvalue weighted by molar-refractivity contribution is 5.46. The third kappa shape index (κ3) is 3.14. The largest absolute Gasteiger partial charge is 0.493 e. The van der Waals surface area contributed by atoms with E-state index in [1.165, 1.54) is 25.9 Å². The Hall–Kier alpha value is -1.73. The quantitative estimate of drug-likeness (QED) is 0.797. The van der Waals surface area contributed by atoms with Gasteiger partial charge < -0.3 is 9.47 Å². The van der Waals surface area contributed by atoms with Gasteiger partial charge >= 0.3 is 0 Å². The summed E-state index contributed by atoms with van der Waals surface area (Å²) in [6.07, 6.45) is 2.57. The molecule has 0 aliphatic carbocycles. The maximum atomic E-state index is 8.87. The minimum Gasteiger partial charge on any atom is -0.493 e. The molecule has 1 aliphatic rings. The SMILES string of the molecule is COc1ccc(C#N)cc1OCCN1CCCC1. The maximum absolute atomic E-state index is 8.87. The van der Waals surface area contributed by atoms with Gasteiger partial charge in [-0.05, 0) is 38.1 Å². The zero-order valence-corrected chi connectivity index (χ0v) is 10.7. The van der Waals surface area contributed by atoms with Crippen LogP contribution in [0.4, 0.5) is 0 Å². The van der Waals surface area contributed by atoms with Crippen LogP contribution in [0, 0.1) is 11.3 Å². The summed E-state index contributed by atoms with van der Waals surface area (Å²) in [4.78, 5) is 2.39. The molecule has 0 atom stereocenters. The molecule has 1 aliphatic heterocycles. The first-order valence-electron chi connectivity index (χ1n) is 6.27. The molecule has 1 aromatic rings. The van der Waals surface area contributed by atoms with Crippen molar-refractivity contribution in [3.05, 3.63) is 23.8 Å². The summed E-state index contributed by atoms with van der Waals surface area (Å²) in [5, 5.41) is 8.87. The number of nitriles is 1. The Morgan fingerprint density at radius 1 is 1.28 bits per heavy atom. The smallest absolute Gasteiger partial charge is 0.162 e. The molecular weight excluding hydrogens is 228 g/mol. The molecule has 1 heterocycles. The lowest BCUT2D eigenvalue weighted by atomic mass is 10.2. The van der Waals surface area contributed by atoms with E-state index in [2.05, 4.69) is 11.0 Å². The molecule has 0 aromatic heterocycles. The van der Waals surface area contributed by atoms with Crippen LogP contribution >= 0.6 is 0 Å². The first kappa shape index (κ1) is 12.7. The van der Waals surface area contributed by atoms with E-state index in [0.29, 0.717) is 23.7 Å². The third-order valence-corrected chi connectivity index (χ3v) is 3.16. The molecule has 0 saturated carbocycles. The highest BCUT2D eigenvalue weighted by atomic mass is 16.5. The number of likely N-dealkylation sites (tertiary alicyclic amines) is 1. The number of rotatable bonds is 5. The lowest BCUT2D eigenvalue weighted by molar-refractivity contribution is 0.230. The van der Waals surface area contributed by atoms with Gasteiger partial charge in [-0.1, -0.05) is 0 Å². The molecule has 0 N–H and O–H groups in total. The van der Waals surface area contributed by atoms with Crippen LogP contribution in [0.1, 0.15) is 18.4 Å². The standard InChI is InChI=1S/C14H18N2O2/c1-17-13-5-4-12(11-15)10-14(13)18-9-8-16-6-2-3-7-16/h4-5,10H,2-3,6-9H2,1H3. The number of hydrogen-bond acceptors (Lipinski definition) is 4. The van der Waals surface area contributed by atoms with Crippen molar-refractivity contribution < 1.29 is 9.47 Å². The van der Waals surface area contributed by atoms with Crippen LogP contribution in [0.3, 0.4) is 0 Å². The maximum Gasteiger partial charge on any atom is 0.162 e. The highest BCUT2D eigenvalue weighted by Gasteiger charge is 2.12. The zero-order valence-electron chi connectivity index (χ0n) is 10.7. The predicted molar refractivity (Wildman–Crippen MR) is 68.9 cm³/mol. The summed E-state index contributed by atoms with van der Waals surface area (Å²) in [6, 6.07) is 7.33. The lowest BCUT2D eigenvalue weighted by Gasteiger charge is -2.16.